The Morgan fingerprint density at radius 1 is 1.47 bits per heavy atom. The lowest BCUT2D eigenvalue weighted by molar-refractivity contribution is 0.237. The van der Waals surface area contributed by atoms with Crippen LogP contribution in [0.4, 0.5) is 4.79 Å². The van der Waals surface area contributed by atoms with Gasteiger partial charge < -0.3 is 10.6 Å². The fourth-order valence-electron chi connectivity index (χ4n) is 2.39. The van der Waals surface area contributed by atoms with E-state index in [1.165, 1.54) is 5.57 Å². The minimum absolute atomic E-state index is 0.0918. The summed E-state index contributed by atoms with van der Waals surface area (Å²) in [6.07, 6.45) is 1.96. The van der Waals surface area contributed by atoms with Gasteiger partial charge >= 0.3 is 6.03 Å². The van der Waals surface area contributed by atoms with Crippen molar-refractivity contribution < 1.29 is 4.79 Å². The zero-order chi connectivity index (χ0) is 11.0. The largest absolute Gasteiger partial charge is 0.331 e. The van der Waals surface area contributed by atoms with Gasteiger partial charge in [0, 0.05) is 17.0 Å². The smallest absolute Gasteiger partial charge is 0.319 e. The Kier molecular flexibility index (Phi) is 2.50. The van der Waals surface area contributed by atoms with E-state index < -0.39 is 0 Å². The number of fused-ring (bicyclic) bond motifs is 1. The Morgan fingerprint density at radius 2 is 2.20 bits per heavy atom. The van der Waals surface area contributed by atoms with Crippen molar-refractivity contribution in [2.75, 3.05) is 0 Å². The standard InChI is InChI=1S/C11H17N3O/c1-4-8-5-9-10(6(2)12-8)7(3)13-11(15)14-9/h8-9H,4-5H2,1-3H3,(H2,13,14,15). The van der Waals surface area contributed by atoms with Crippen molar-refractivity contribution in [2.45, 2.75) is 45.7 Å². The molecule has 0 aromatic rings. The summed E-state index contributed by atoms with van der Waals surface area (Å²) < 4.78 is 0. The molecule has 2 aliphatic rings. The van der Waals surface area contributed by atoms with Gasteiger partial charge in [0.2, 0.25) is 0 Å². The van der Waals surface area contributed by atoms with Gasteiger partial charge in [0.1, 0.15) is 0 Å². The SMILES string of the molecule is CCC1CC2NC(=O)NC(C)=C2C(C)=N1. The quantitative estimate of drug-likeness (QED) is 0.674. The van der Waals surface area contributed by atoms with E-state index in [0.717, 1.165) is 24.3 Å². The van der Waals surface area contributed by atoms with E-state index in [-0.39, 0.29) is 12.1 Å². The van der Waals surface area contributed by atoms with Crippen LogP contribution in [0.3, 0.4) is 0 Å². The zero-order valence-corrected chi connectivity index (χ0v) is 9.42. The van der Waals surface area contributed by atoms with E-state index >= 15 is 0 Å². The summed E-state index contributed by atoms with van der Waals surface area (Å²) in [7, 11) is 0. The van der Waals surface area contributed by atoms with Crippen LogP contribution in [0.5, 0.6) is 0 Å². The van der Waals surface area contributed by atoms with Crippen LogP contribution in [0.2, 0.25) is 0 Å². The zero-order valence-electron chi connectivity index (χ0n) is 9.42. The molecule has 0 bridgehead atoms. The number of amides is 2. The Hall–Kier alpha value is -1.32. The first-order valence-electron chi connectivity index (χ1n) is 5.45. The molecule has 2 rings (SSSR count). The van der Waals surface area contributed by atoms with Gasteiger partial charge in [0.05, 0.1) is 12.1 Å². The molecule has 0 aromatic heterocycles. The monoisotopic (exact) mass is 207 g/mol. The summed E-state index contributed by atoms with van der Waals surface area (Å²) in [5.41, 5.74) is 3.17. The number of carbonyl (C=O) groups is 1. The number of allylic oxidation sites excluding steroid dienone is 1. The van der Waals surface area contributed by atoms with Gasteiger partial charge in [-0.2, -0.15) is 0 Å². The second-order valence-corrected chi connectivity index (χ2v) is 4.20. The summed E-state index contributed by atoms with van der Waals surface area (Å²) in [5, 5.41) is 5.75. The molecule has 0 fully saturated rings. The molecule has 0 aliphatic carbocycles. The average Bonchev–Trinajstić information content (AvgIpc) is 2.15. The number of aliphatic imine (C=N–C) groups is 1. The molecule has 2 aliphatic heterocycles. The highest BCUT2D eigenvalue weighted by Crippen LogP contribution is 2.25. The van der Waals surface area contributed by atoms with Gasteiger partial charge in [0.15, 0.2) is 0 Å². The molecule has 4 heteroatoms. The minimum Gasteiger partial charge on any atom is -0.331 e. The molecule has 2 N–H and O–H groups in total. The highest BCUT2D eigenvalue weighted by atomic mass is 16.2. The van der Waals surface area contributed by atoms with Crippen molar-refractivity contribution in [1.82, 2.24) is 10.6 Å². The third-order valence-corrected chi connectivity index (χ3v) is 3.10. The van der Waals surface area contributed by atoms with Crippen LogP contribution < -0.4 is 10.6 Å². The van der Waals surface area contributed by atoms with Gasteiger partial charge in [-0.15, -0.1) is 0 Å². The van der Waals surface area contributed by atoms with Crippen LogP contribution in [-0.4, -0.2) is 23.8 Å². The van der Waals surface area contributed by atoms with Gasteiger partial charge in [-0.25, -0.2) is 4.79 Å². The highest BCUT2D eigenvalue weighted by molar-refractivity contribution is 6.02. The molecule has 0 saturated heterocycles. The predicted octanol–water partition coefficient (Wildman–Crippen LogP) is 1.59. The second kappa shape index (κ2) is 3.68. The van der Waals surface area contributed by atoms with Gasteiger partial charge in [-0.05, 0) is 26.7 Å². The first-order chi connectivity index (χ1) is 7.11. The van der Waals surface area contributed by atoms with Crippen LogP contribution in [0.25, 0.3) is 0 Å². The maximum atomic E-state index is 11.3. The first kappa shape index (κ1) is 10.2. The lowest BCUT2D eigenvalue weighted by atomic mass is 9.89. The van der Waals surface area contributed by atoms with Crippen LogP contribution in [0.15, 0.2) is 16.3 Å². The predicted molar refractivity (Wildman–Crippen MR) is 60.0 cm³/mol. The molecule has 2 unspecified atom stereocenters. The maximum Gasteiger partial charge on any atom is 0.319 e. The Bertz CT molecular complexity index is 357. The number of nitrogens with one attached hydrogen (secondary N) is 2. The Labute approximate surface area is 89.8 Å². The number of nitrogens with zero attached hydrogens (tertiary/aromatic N) is 1. The summed E-state index contributed by atoms with van der Waals surface area (Å²) in [6, 6.07) is 0.414. The molecular weight excluding hydrogens is 190 g/mol. The molecule has 4 nitrogen and oxygen atoms in total. The molecule has 0 aromatic carbocycles. The molecule has 0 saturated carbocycles. The minimum atomic E-state index is -0.0918. The summed E-state index contributed by atoms with van der Waals surface area (Å²) in [5.74, 6) is 0. The normalized spacial score (nSPS) is 30.3. The second-order valence-electron chi connectivity index (χ2n) is 4.20. The third kappa shape index (κ3) is 1.76. The van der Waals surface area contributed by atoms with Crippen molar-refractivity contribution in [2.24, 2.45) is 4.99 Å². The molecule has 2 atom stereocenters. The molecular formula is C11H17N3O. The fraction of sp³-hybridized carbons (Fsp3) is 0.636. The summed E-state index contributed by atoms with van der Waals surface area (Å²) in [6.45, 7) is 6.09. The number of urea groups is 1. The van der Waals surface area contributed by atoms with Gasteiger partial charge in [0.25, 0.3) is 0 Å². The van der Waals surface area contributed by atoms with Crippen molar-refractivity contribution >= 4 is 11.7 Å². The van der Waals surface area contributed by atoms with Crippen molar-refractivity contribution in [3.05, 3.63) is 11.3 Å². The van der Waals surface area contributed by atoms with Gasteiger partial charge in [-0.3, -0.25) is 4.99 Å². The Morgan fingerprint density at radius 3 is 2.87 bits per heavy atom. The van der Waals surface area contributed by atoms with E-state index in [1.807, 2.05) is 13.8 Å². The molecule has 2 heterocycles. The van der Waals surface area contributed by atoms with E-state index in [4.69, 9.17) is 0 Å². The van der Waals surface area contributed by atoms with E-state index in [1.54, 1.807) is 0 Å². The lowest BCUT2D eigenvalue weighted by Crippen LogP contribution is -2.51. The van der Waals surface area contributed by atoms with Crippen LogP contribution in [-0.2, 0) is 0 Å². The fourth-order valence-corrected chi connectivity index (χ4v) is 2.39. The highest BCUT2D eigenvalue weighted by Gasteiger charge is 2.31. The van der Waals surface area contributed by atoms with Crippen LogP contribution in [0.1, 0.15) is 33.6 Å². The summed E-state index contributed by atoms with van der Waals surface area (Å²) >= 11 is 0. The lowest BCUT2D eigenvalue weighted by Gasteiger charge is -2.34. The van der Waals surface area contributed by atoms with Crippen molar-refractivity contribution in [1.29, 1.82) is 0 Å². The van der Waals surface area contributed by atoms with E-state index in [9.17, 15) is 4.79 Å². The number of carbonyl (C=O) groups excluding carboxylic acids is 1. The van der Waals surface area contributed by atoms with Crippen LogP contribution >= 0.6 is 0 Å². The van der Waals surface area contributed by atoms with Crippen molar-refractivity contribution in [3.63, 3.8) is 0 Å². The van der Waals surface area contributed by atoms with Gasteiger partial charge in [-0.1, -0.05) is 6.92 Å². The molecule has 82 valence electrons. The molecule has 15 heavy (non-hydrogen) atoms. The van der Waals surface area contributed by atoms with Crippen LogP contribution in [0, 0.1) is 0 Å². The third-order valence-electron chi connectivity index (χ3n) is 3.10. The molecule has 0 spiro atoms. The molecule has 0 radical (unpaired) electrons. The Balaban J connectivity index is 2.37. The topological polar surface area (TPSA) is 53.5 Å². The van der Waals surface area contributed by atoms with E-state index in [0.29, 0.717) is 6.04 Å². The maximum absolute atomic E-state index is 11.3. The summed E-state index contributed by atoms with van der Waals surface area (Å²) in [4.78, 5) is 16.0. The van der Waals surface area contributed by atoms with Crippen molar-refractivity contribution in [3.8, 4) is 0 Å². The van der Waals surface area contributed by atoms with E-state index in [2.05, 4.69) is 22.5 Å². The first-order valence-corrected chi connectivity index (χ1v) is 5.45. The number of hydrogen-bond donors (Lipinski definition) is 2. The number of rotatable bonds is 1. The molecule has 2 amide bonds. The average molecular weight is 207 g/mol. The number of hydrogen-bond acceptors (Lipinski definition) is 2.